The van der Waals surface area contributed by atoms with E-state index in [-0.39, 0.29) is 5.97 Å². The monoisotopic (exact) mass is 440 g/mol. The molecule has 0 aromatic heterocycles. The molecule has 0 aliphatic carbocycles. The van der Waals surface area contributed by atoms with E-state index in [9.17, 15) is 30.7 Å². The Hall–Kier alpha value is -1.13. The minimum atomic E-state index is -4.41. The van der Waals surface area contributed by atoms with E-state index in [0.29, 0.717) is 6.61 Å². The average Bonchev–Trinajstić information content (AvgIpc) is 2.45. The van der Waals surface area contributed by atoms with E-state index in [0.717, 1.165) is 25.2 Å². The molecule has 14 heteroatoms. The summed E-state index contributed by atoms with van der Waals surface area (Å²) in [6, 6.07) is 0. The van der Waals surface area contributed by atoms with E-state index in [4.69, 9.17) is 4.74 Å². The maximum absolute atomic E-state index is 10.6. The minimum Gasteiger partial charge on any atom is -0.726 e. The highest BCUT2D eigenvalue weighted by molar-refractivity contribution is 7.81. The highest BCUT2D eigenvalue weighted by atomic mass is 32.3. The molecule has 0 aromatic rings. The lowest BCUT2D eigenvalue weighted by molar-refractivity contribution is -0.870. The molecular weight excluding hydrogens is 408 g/mol. The van der Waals surface area contributed by atoms with Crippen molar-refractivity contribution in [1.29, 1.82) is 0 Å². The number of carbonyl (C=O) groups is 1. The van der Waals surface area contributed by atoms with Gasteiger partial charge in [-0.25, -0.2) is 21.6 Å². The van der Waals surface area contributed by atoms with Crippen LogP contribution in [0, 0.1) is 0 Å². The molecule has 0 fully saturated rings. The lowest BCUT2D eigenvalue weighted by Crippen LogP contribution is -3.02. The predicted molar refractivity (Wildman–Crippen MR) is 96.2 cm³/mol. The second-order valence-corrected chi connectivity index (χ2v) is 8.34. The predicted octanol–water partition coefficient (Wildman–Crippen LogP) is -2.63. The van der Waals surface area contributed by atoms with Crippen LogP contribution in [0.1, 0.15) is 0 Å². The number of carbonyl (C=O) groups excluding carboxylic acids is 1. The summed E-state index contributed by atoms with van der Waals surface area (Å²) < 4.78 is 67.6. The van der Waals surface area contributed by atoms with Gasteiger partial charge in [-0.3, -0.25) is 8.37 Å². The van der Waals surface area contributed by atoms with Crippen molar-refractivity contribution in [3.8, 4) is 0 Å². The van der Waals surface area contributed by atoms with Crippen molar-refractivity contribution in [2.45, 2.75) is 0 Å². The van der Waals surface area contributed by atoms with E-state index in [2.05, 4.69) is 36.1 Å². The van der Waals surface area contributed by atoms with Crippen LogP contribution in [0.4, 0.5) is 0 Å². The Bertz CT molecular complexity index is 546. The van der Waals surface area contributed by atoms with Gasteiger partial charge < -0.3 is 23.2 Å². The smallest absolute Gasteiger partial charge is 0.330 e. The maximum Gasteiger partial charge on any atom is 0.330 e. The molecule has 0 saturated carbocycles. The first-order chi connectivity index (χ1) is 11.8. The van der Waals surface area contributed by atoms with Crippen molar-refractivity contribution in [2.24, 2.45) is 0 Å². The molecule has 0 aliphatic rings. The van der Waals surface area contributed by atoms with Gasteiger partial charge in [0, 0.05) is 6.08 Å². The summed E-state index contributed by atoms with van der Waals surface area (Å²) in [4.78, 5) is 12.0. The van der Waals surface area contributed by atoms with E-state index < -0.39 is 20.8 Å². The van der Waals surface area contributed by atoms with Gasteiger partial charge in [0.15, 0.2) is 0 Å². The van der Waals surface area contributed by atoms with Crippen LogP contribution >= 0.6 is 0 Å². The number of likely N-dealkylation sites (N-methyl/N-ethyl adjacent to an activating group) is 1. The number of nitrogens with one attached hydrogen (secondary N) is 1. The molecule has 0 atom stereocenters. The Labute approximate surface area is 162 Å². The first-order valence-electron chi connectivity index (χ1n) is 7.20. The number of nitrogens with zero attached hydrogens (tertiary/aromatic N) is 1. The van der Waals surface area contributed by atoms with Crippen LogP contribution < -0.4 is 4.90 Å². The first kappa shape index (κ1) is 33.5. The average molecular weight is 441 g/mol. The molecule has 0 saturated heterocycles. The zero-order valence-corrected chi connectivity index (χ0v) is 18.7. The topological polar surface area (TPSA) is 164 Å². The lowest BCUT2D eigenvalue weighted by atomic mass is 10.5. The van der Waals surface area contributed by atoms with Gasteiger partial charge in [-0.05, 0) is 0 Å². The fourth-order valence-corrected chi connectivity index (χ4v) is 0.479. The summed E-state index contributed by atoms with van der Waals surface area (Å²) in [6.07, 6.45) is 1.18. The molecule has 12 nitrogen and oxygen atoms in total. The highest BCUT2D eigenvalue weighted by Crippen LogP contribution is 1.89. The Kier molecular flexibility index (Phi) is 21.1. The summed E-state index contributed by atoms with van der Waals surface area (Å²) in [5, 5.41) is 0. The molecule has 27 heavy (non-hydrogen) atoms. The van der Waals surface area contributed by atoms with Gasteiger partial charge in [0.1, 0.15) is 13.2 Å². The number of hydrogen-bond acceptors (Lipinski definition) is 10. The molecule has 0 radical (unpaired) electrons. The zero-order chi connectivity index (χ0) is 22.9. The van der Waals surface area contributed by atoms with Gasteiger partial charge in [-0.15, -0.1) is 0 Å². The SMILES string of the molecule is C=CC(=O)OCC[N+](C)(C)C.COS(=O)(=O)[O-].COS(=O)(=O)[O-].C[NH+](C)C. The largest absolute Gasteiger partial charge is 0.726 e. The van der Waals surface area contributed by atoms with Gasteiger partial charge in [0.25, 0.3) is 0 Å². The van der Waals surface area contributed by atoms with Crippen LogP contribution in [0.15, 0.2) is 12.7 Å². The highest BCUT2D eigenvalue weighted by Gasteiger charge is 2.06. The van der Waals surface area contributed by atoms with Crippen LogP contribution in [0.3, 0.4) is 0 Å². The Morgan fingerprint density at radius 2 is 1.26 bits per heavy atom. The van der Waals surface area contributed by atoms with Crippen molar-refractivity contribution >= 4 is 26.8 Å². The zero-order valence-electron chi connectivity index (χ0n) is 17.0. The maximum atomic E-state index is 10.6. The fourth-order valence-electron chi connectivity index (χ4n) is 0.479. The summed E-state index contributed by atoms with van der Waals surface area (Å²) in [6.45, 7) is 4.57. The standard InChI is InChI=1S/C8H16NO2.C3H9N.2CH4O4S/c1-5-8(10)11-7-6-9(2,3)4;1-4(2)3;2*1-5-6(2,3)4/h5H,1,6-7H2,2-4H3;1-3H3;2*1H3,(H,2,3,4)/q+1;;;/p-1. The Balaban J connectivity index is -0.000000142. The molecule has 166 valence electrons. The van der Waals surface area contributed by atoms with Gasteiger partial charge in [0.05, 0.1) is 56.5 Å². The number of hydrogen-bond donors (Lipinski definition) is 1. The number of rotatable bonds is 6. The molecule has 0 aliphatic heterocycles. The van der Waals surface area contributed by atoms with Gasteiger partial charge >= 0.3 is 5.97 Å². The number of esters is 1. The quantitative estimate of drug-likeness (QED) is 0.152. The van der Waals surface area contributed by atoms with Crippen LogP contribution in [0.25, 0.3) is 0 Å². The molecule has 0 unspecified atom stereocenters. The van der Waals surface area contributed by atoms with Crippen LogP contribution in [0.2, 0.25) is 0 Å². The summed E-state index contributed by atoms with van der Waals surface area (Å²) in [5.41, 5.74) is 0. The Morgan fingerprint density at radius 1 is 1.00 bits per heavy atom. The minimum absolute atomic E-state index is 0.349. The molecule has 0 bridgehead atoms. The third-order valence-electron chi connectivity index (χ3n) is 1.58. The third-order valence-corrected chi connectivity index (χ3v) is 2.40. The normalized spacial score (nSPS) is 10.9. The van der Waals surface area contributed by atoms with E-state index >= 15 is 0 Å². The van der Waals surface area contributed by atoms with Crippen LogP contribution in [-0.4, -0.2) is 106 Å². The number of ether oxygens (including phenoxy) is 1. The molecule has 1 N–H and O–H groups in total. The molecule has 0 heterocycles. The second-order valence-electron chi connectivity index (χ2n) is 6.04. The van der Waals surface area contributed by atoms with Gasteiger partial charge in [-0.2, -0.15) is 0 Å². The van der Waals surface area contributed by atoms with Gasteiger partial charge in [0.2, 0.25) is 20.8 Å². The van der Waals surface area contributed by atoms with Crippen LogP contribution in [-0.2, 0) is 38.7 Å². The van der Waals surface area contributed by atoms with Crippen molar-refractivity contribution < 1.29 is 53.2 Å². The number of quaternary nitrogens is 2. The summed E-state index contributed by atoms with van der Waals surface area (Å²) in [7, 11) is 5.17. The molecule has 0 spiro atoms. The van der Waals surface area contributed by atoms with Gasteiger partial charge in [-0.1, -0.05) is 6.58 Å². The molecular formula is C13H32N2O10S2. The molecule has 0 rings (SSSR count). The van der Waals surface area contributed by atoms with E-state index in [1.54, 1.807) is 0 Å². The lowest BCUT2D eigenvalue weighted by Gasteiger charge is -2.23. The first-order valence-corrected chi connectivity index (χ1v) is 9.87. The molecule has 0 aromatic carbocycles. The van der Waals surface area contributed by atoms with E-state index in [1.165, 1.54) is 11.0 Å². The van der Waals surface area contributed by atoms with Crippen molar-refractivity contribution in [1.82, 2.24) is 0 Å². The molecule has 0 amide bonds. The van der Waals surface area contributed by atoms with Crippen molar-refractivity contribution in [2.75, 3.05) is 69.7 Å². The Morgan fingerprint density at radius 3 is 1.41 bits per heavy atom. The third kappa shape index (κ3) is 67.6. The summed E-state index contributed by atoms with van der Waals surface area (Å²) in [5.74, 6) is -0.349. The van der Waals surface area contributed by atoms with Crippen LogP contribution in [0.5, 0.6) is 0 Å². The van der Waals surface area contributed by atoms with E-state index in [1.807, 2.05) is 21.1 Å². The fraction of sp³-hybridized carbons (Fsp3) is 0.769. The second kappa shape index (κ2) is 17.0. The van der Waals surface area contributed by atoms with Crippen molar-refractivity contribution in [3.05, 3.63) is 12.7 Å². The summed E-state index contributed by atoms with van der Waals surface area (Å²) >= 11 is 0. The van der Waals surface area contributed by atoms with Crippen molar-refractivity contribution in [3.63, 3.8) is 0 Å².